The fourth-order valence-electron chi connectivity index (χ4n) is 9.51. The zero-order chi connectivity index (χ0) is 29.5. The normalized spacial score (nSPS) is 44.8. The number of aliphatic hydroxyl groups excluding tert-OH is 1. The fourth-order valence-corrected chi connectivity index (χ4v) is 9.51. The van der Waals surface area contributed by atoms with Crippen LogP contribution in [0.4, 0.5) is 0 Å². The molecule has 11 atom stereocenters. The third-order valence-corrected chi connectivity index (χ3v) is 11.5. The Balaban J connectivity index is 1.53. The summed E-state index contributed by atoms with van der Waals surface area (Å²) in [6.07, 6.45) is 7.41. The van der Waals surface area contributed by atoms with E-state index in [1.54, 1.807) is 31.8 Å². The lowest BCUT2D eigenvalue weighted by Gasteiger charge is -2.65. The second-order valence-electron chi connectivity index (χ2n) is 13.4. The number of furan rings is 1. The summed E-state index contributed by atoms with van der Waals surface area (Å²) in [5.41, 5.74) is 1.84. The van der Waals surface area contributed by atoms with Crippen LogP contribution in [0.2, 0.25) is 0 Å². The first-order valence-corrected chi connectivity index (χ1v) is 14.7. The summed E-state index contributed by atoms with van der Waals surface area (Å²) >= 11 is 0. The van der Waals surface area contributed by atoms with E-state index in [4.69, 9.17) is 23.4 Å². The number of rotatable bonds is 4. The van der Waals surface area contributed by atoms with Crippen LogP contribution in [0.25, 0.3) is 0 Å². The lowest BCUT2D eigenvalue weighted by atomic mass is 9.40. The van der Waals surface area contributed by atoms with Gasteiger partial charge in [0.2, 0.25) is 0 Å². The van der Waals surface area contributed by atoms with E-state index in [-0.39, 0.29) is 29.8 Å². The van der Waals surface area contributed by atoms with Crippen molar-refractivity contribution in [3.8, 4) is 0 Å². The Morgan fingerprint density at radius 3 is 2.54 bits per heavy atom. The van der Waals surface area contributed by atoms with Crippen molar-refractivity contribution in [1.82, 2.24) is 0 Å². The topological polar surface area (TPSA) is 104 Å². The summed E-state index contributed by atoms with van der Waals surface area (Å²) in [6.45, 7) is 13.8. The zero-order valence-electron chi connectivity index (χ0n) is 25.0. The number of carbonyl (C=O) groups excluding carboxylic acids is 2. The maximum atomic E-state index is 13.3. The molecule has 41 heavy (non-hydrogen) atoms. The van der Waals surface area contributed by atoms with Gasteiger partial charge in [0.25, 0.3) is 0 Å². The monoisotopic (exact) mass is 566 g/mol. The van der Waals surface area contributed by atoms with Crippen LogP contribution in [0, 0.1) is 28.1 Å². The Hall–Kier alpha value is -2.84. The van der Waals surface area contributed by atoms with E-state index in [2.05, 4.69) is 33.8 Å². The van der Waals surface area contributed by atoms with Gasteiger partial charge in [0.15, 0.2) is 0 Å². The van der Waals surface area contributed by atoms with E-state index in [0.717, 1.165) is 17.6 Å². The summed E-state index contributed by atoms with van der Waals surface area (Å²) in [5.74, 6) is -1.18. The van der Waals surface area contributed by atoms with Gasteiger partial charge >= 0.3 is 11.9 Å². The Morgan fingerprint density at radius 2 is 1.88 bits per heavy atom. The lowest BCUT2D eigenvalue weighted by molar-refractivity contribution is -0.245. The number of allylic oxidation sites excluding steroid dienone is 3. The van der Waals surface area contributed by atoms with E-state index >= 15 is 0 Å². The van der Waals surface area contributed by atoms with Crippen molar-refractivity contribution >= 4 is 11.9 Å². The third kappa shape index (κ3) is 3.79. The third-order valence-electron chi connectivity index (χ3n) is 11.5. The van der Waals surface area contributed by atoms with Crippen molar-refractivity contribution in [2.45, 2.75) is 97.7 Å². The fraction of sp³-hybridized carbons (Fsp3) is 0.636. The summed E-state index contributed by atoms with van der Waals surface area (Å²) in [4.78, 5) is 25.5. The predicted molar refractivity (Wildman–Crippen MR) is 149 cm³/mol. The van der Waals surface area contributed by atoms with Crippen LogP contribution in [0.1, 0.15) is 72.8 Å². The SMILES string of the molecule is C/C=C(\C)C(=O)O[C@H]1C[C@@H](OC(C)=O)[C@@]2(C)CO[C@H]3[C@@H](O)[C@@]4(C)C5=C(C)[C@H](c6ccoc6)C[C@@H]5OC=C[C@@H]4[C@]1(C)[C@@H]32. The summed E-state index contributed by atoms with van der Waals surface area (Å²) in [5, 5.41) is 12.4. The first-order valence-electron chi connectivity index (χ1n) is 14.7. The zero-order valence-corrected chi connectivity index (χ0v) is 25.0. The number of hydrogen-bond acceptors (Lipinski definition) is 8. The molecule has 1 aromatic rings. The van der Waals surface area contributed by atoms with Crippen LogP contribution in [0.3, 0.4) is 0 Å². The highest BCUT2D eigenvalue weighted by Crippen LogP contribution is 2.71. The molecule has 3 fully saturated rings. The van der Waals surface area contributed by atoms with Crippen LogP contribution < -0.4 is 0 Å². The smallest absolute Gasteiger partial charge is 0.333 e. The minimum absolute atomic E-state index is 0.107. The summed E-state index contributed by atoms with van der Waals surface area (Å²) in [6, 6.07) is 1.99. The second-order valence-corrected chi connectivity index (χ2v) is 13.4. The standard InChI is InChI=1S/C33H42O8/c1-8-17(2)30(36)41-25-14-24(40-19(4)34)31(5)16-39-27-28(31)32(25,6)23-10-12-38-22-13-21(20-9-11-37-15-20)18(3)26(22)33(23,7)29(27)35/h8-12,15,21-25,27-29,35H,13-14,16H2,1-7H3/b17-8+/t21-,22+,23-,24-,25+,27-,28+,29-,31-,32+,33-/m1/s1. The predicted octanol–water partition coefficient (Wildman–Crippen LogP) is 5.23. The molecule has 1 saturated heterocycles. The number of fused-ring (bicyclic) bond motifs is 4. The van der Waals surface area contributed by atoms with Gasteiger partial charge in [-0.25, -0.2) is 4.79 Å². The molecule has 0 unspecified atom stereocenters. The van der Waals surface area contributed by atoms with Crippen LogP contribution in [-0.2, 0) is 28.5 Å². The van der Waals surface area contributed by atoms with E-state index < -0.39 is 46.6 Å². The van der Waals surface area contributed by atoms with Crippen LogP contribution in [-0.4, -0.2) is 54.2 Å². The molecule has 2 aliphatic heterocycles. The minimum atomic E-state index is -0.862. The Kier molecular flexibility index (Phi) is 6.62. The molecule has 0 bridgehead atoms. The number of esters is 2. The van der Waals surface area contributed by atoms with Crippen molar-refractivity contribution in [3.63, 3.8) is 0 Å². The molecule has 0 spiro atoms. The Morgan fingerprint density at radius 1 is 1.12 bits per heavy atom. The van der Waals surface area contributed by atoms with Crippen molar-refractivity contribution < 1.29 is 38.1 Å². The van der Waals surface area contributed by atoms with Crippen LogP contribution in [0.5, 0.6) is 0 Å². The lowest BCUT2D eigenvalue weighted by Crippen LogP contribution is -2.71. The van der Waals surface area contributed by atoms with Gasteiger partial charge in [0.05, 0.1) is 37.6 Å². The van der Waals surface area contributed by atoms with Gasteiger partial charge < -0.3 is 28.5 Å². The first-order chi connectivity index (χ1) is 19.4. The number of aliphatic hydroxyl groups is 1. The number of ether oxygens (including phenoxy) is 4. The highest BCUT2D eigenvalue weighted by atomic mass is 16.6. The molecule has 3 heterocycles. The summed E-state index contributed by atoms with van der Waals surface area (Å²) < 4.78 is 30.6. The quantitative estimate of drug-likeness (QED) is 0.300. The largest absolute Gasteiger partial charge is 0.494 e. The first kappa shape index (κ1) is 28.3. The van der Waals surface area contributed by atoms with Gasteiger partial charge in [-0.05, 0) is 50.5 Å². The molecule has 2 saturated carbocycles. The molecule has 0 amide bonds. The van der Waals surface area contributed by atoms with Gasteiger partial charge in [0.1, 0.15) is 18.3 Å². The van der Waals surface area contributed by atoms with Gasteiger partial charge in [-0.1, -0.05) is 32.4 Å². The highest BCUT2D eigenvalue weighted by molar-refractivity contribution is 5.87. The molecule has 0 radical (unpaired) electrons. The van der Waals surface area contributed by atoms with Crippen molar-refractivity contribution in [2.24, 2.45) is 28.1 Å². The Labute approximate surface area is 241 Å². The molecule has 1 N–H and O–H groups in total. The minimum Gasteiger partial charge on any atom is -0.494 e. The van der Waals surface area contributed by atoms with E-state index in [1.807, 2.05) is 13.0 Å². The van der Waals surface area contributed by atoms with Gasteiger partial charge in [-0.15, -0.1) is 0 Å². The van der Waals surface area contributed by atoms with Crippen LogP contribution >= 0.6 is 0 Å². The van der Waals surface area contributed by atoms with E-state index in [1.165, 1.54) is 12.5 Å². The average molecular weight is 567 g/mol. The number of hydrogen-bond donors (Lipinski definition) is 1. The van der Waals surface area contributed by atoms with Gasteiger partial charge in [0, 0.05) is 52.9 Å². The molecule has 8 nitrogen and oxygen atoms in total. The molecule has 5 aliphatic rings. The maximum absolute atomic E-state index is 13.3. The maximum Gasteiger partial charge on any atom is 0.333 e. The van der Waals surface area contributed by atoms with E-state index in [0.29, 0.717) is 18.6 Å². The molecular weight excluding hydrogens is 524 g/mol. The molecule has 1 aromatic heterocycles. The van der Waals surface area contributed by atoms with Crippen molar-refractivity contribution in [1.29, 1.82) is 0 Å². The molecule has 0 aromatic carbocycles. The molecule has 3 aliphatic carbocycles. The molecule has 222 valence electrons. The molecular formula is C33H42O8. The number of carbonyl (C=O) groups is 2. The van der Waals surface area contributed by atoms with Gasteiger partial charge in [-0.2, -0.15) is 0 Å². The van der Waals surface area contributed by atoms with Crippen LogP contribution in [0.15, 0.2) is 58.1 Å². The summed E-state index contributed by atoms with van der Waals surface area (Å²) in [7, 11) is 0. The average Bonchev–Trinajstić information content (AvgIpc) is 3.63. The van der Waals surface area contributed by atoms with Crippen molar-refractivity contribution in [2.75, 3.05) is 6.61 Å². The van der Waals surface area contributed by atoms with Gasteiger partial charge in [-0.3, -0.25) is 4.79 Å². The second kappa shape index (κ2) is 9.60. The van der Waals surface area contributed by atoms with E-state index in [9.17, 15) is 14.7 Å². The Bertz CT molecular complexity index is 1320. The van der Waals surface area contributed by atoms with Crippen molar-refractivity contribution in [3.05, 3.63) is 59.3 Å². The molecule has 8 heteroatoms. The highest BCUT2D eigenvalue weighted by Gasteiger charge is 2.76. The molecule has 6 rings (SSSR count).